The lowest BCUT2D eigenvalue weighted by Gasteiger charge is -2.31. The molecular formula is C23H26N4O3. The van der Waals surface area contributed by atoms with Gasteiger partial charge in [0, 0.05) is 26.1 Å². The van der Waals surface area contributed by atoms with Crippen LogP contribution in [0.2, 0.25) is 0 Å². The van der Waals surface area contributed by atoms with Crippen LogP contribution in [0.5, 0.6) is 0 Å². The Kier molecular flexibility index (Phi) is 5.79. The topological polar surface area (TPSA) is 82.6 Å². The third-order valence-electron chi connectivity index (χ3n) is 5.80. The molecule has 0 atom stereocenters. The number of nitrogens with one attached hydrogen (secondary N) is 1. The van der Waals surface area contributed by atoms with Gasteiger partial charge in [-0.3, -0.25) is 19.3 Å². The number of carbonyl (C=O) groups excluding carboxylic acids is 3. The van der Waals surface area contributed by atoms with Crippen LogP contribution in [0.1, 0.15) is 53.3 Å². The quantitative estimate of drug-likeness (QED) is 0.744. The second kappa shape index (κ2) is 8.65. The smallest absolute Gasteiger partial charge is 0.261 e. The molecule has 4 rings (SSSR count). The van der Waals surface area contributed by atoms with Crippen molar-refractivity contribution in [3.63, 3.8) is 0 Å². The molecule has 156 valence electrons. The molecule has 2 aromatic rings. The summed E-state index contributed by atoms with van der Waals surface area (Å²) in [6.45, 7) is 4.53. The lowest BCUT2D eigenvalue weighted by atomic mass is 9.99. The molecule has 1 fully saturated rings. The summed E-state index contributed by atoms with van der Waals surface area (Å²) in [4.78, 5) is 44.9. The summed E-state index contributed by atoms with van der Waals surface area (Å²) in [5, 5.41) is 2.84. The number of imide groups is 1. The lowest BCUT2D eigenvalue weighted by molar-refractivity contribution is -0.116. The SMILES string of the molecule is CC1CCN(c2ccc(NC(=O)CCCN3C(=O)c4ccccc4C3=O)cn2)CC1. The van der Waals surface area contributed by atoms with Crippen molar-refractivity contribution in [1.82, 2.24) is 9.88 Å². The molecule has 0 saturated carbocycles. The third-order valence-corrected chi connectivity index (χ3v) is 5.80. The Hall–Kier alpha value is -3.22. The number of hydrogen-bond acceptors (Lipinski definition) is 5. The van der Waals surface area contributed by atoms with Crippen molar-refractivity contribution in [3.05, 3.63) is 53.7 Å². The van der Waals surface area contributed by atoms with Crippen molar-refractivity contribution in [1.29, 1.82) is 0 Å². The molecule has 7 heteroatoms. The summed E-state index contributed by atoms with van der Waals surface area (Å²) in [7, 11) is 0. The van der Waals surface area contributed by atoms with E-state index in [-0.39, 0.29) is 30.7 Å². The van der Waals surface area contributed by atoms with E-state index in [0.29, 0.717) is 23.2 Å². The van der Waals surface area contributed by atoms with Crippen molar-refractivity contribution < 1.29 is 14.4 Å². The highest BCUT2D eigenvalue weighted by atomic mass is 16.2. The number of carbonyl (C=O) groups is 3. The maximum Gasteiger partial charge on any atom is 0.261 e. The average molecular weight is 406 g/mol. The van der Waals surface area contributed by atoms with Crippen LogP contribution in [-0.2, 0) is 4.79 Å². The molecule has 0 spiro atoms. The first-order valence-electron chi connectivity index (χ1n) is 10.5. The molecule has 0 unspecified atom stereocenters. The molecule has 1 aromatic heterocycles. The van der Waals surface area contributed by atoms with Gasteiger partial charge in [0.2, 0.25) is 5.91 Å². The van der Waals surface area contributed by atoms with Gasteiger partial charge in [0.15, 0.2) is 0 Å². The van der Waals surface area contributed by atoms with Gasteiger partial charge < -0.3 is 10.2 Å². The molecule has 0 bridgehead atoms. The predicted molar refractivity (Wildman–Crippen MR) is 115 cm³/mol. The first-order chi connectivity index (χ1) is 14.5. The van der Waals surface area contributed by atoms with Gasteiger partial charge in [0.25, 0.3) is 11.8 Å². The molecule has 3 heterocycles. The maximum atomic E-state index is 12.3. The molecule has 7 nitrogen and oxygen atoms in total. The van der Waals surface area contributed by atoms with Crippen LogP contribution in [0, 0.1) is 5.92 Å². The fourth-order valence-electron chi connectivity index (χ4n) is 3.95. The Morgan fingerprint density at radius 1 is 1.07 bits per heavy atom. The standard InChI is InChI=1S/C23H26N4O3/c1-16-10-13-26(14-11-16)20-9-8-17(15-24-20)25-21(28)7-4-12-27-22(29)18-5-2-3-6-19(18)23(27)30/h2-3,5-6,8-9,15-16H,4,7,10-14H2,1H3,(H,25,28). The van der Waals surface area contributed by atoms with E-state index < -0.39 is 0 Å². The number of aromatic nitrogens is 1. The summed E-state index contributed by atoms with van der Waals surface area (Å²) in [5.41, 5.74) is 1.51. The van der Waals surface area contributed by atoms with Crippen molar-refractivity contribution in [2.75, 3.05) is 29.9 Å². The Morgan fingerprint density at radius 3 is 2.33 bits per heavy atom. The number of nitrogens with zero attached hydrogens (tertiary/aromatic N) is 3. The fraction of sp³-hybridized carbons (Fsp3) is 0.391. The Bertz CT molecular complexity index is 914. The number of rotatable bonds is 6. The minimum atomic E-state index is -0.289. The van der Waals surface area contributed by atoms with Crippen molar-refractivity contribution in [3.8, 4) is 0 Å². The second-order valence-corrected chi connectivity index (χ2v) is 8.03. The maximum absolute atomic E-state index is 12.3. The van der Waals surface area contributed by atoms with Gasteiger partial charge in [-0.15, -0.1) is 0 Å². The van der Waals surface area contributed by atoms with Crippen molar-refractivity contribution in [2.24, 2.45) is 5.92 Å². The summed E-state index contributed by atoms with van der Waals surface area (Å²) in [6, 6.07) is 10.6. The van der Waals surface area contributed by atoms with Crippen molar-refractivity contribution in [2.45, 2.75) is 32.6 Å². The average Bonchev–Trinajstić information content (AvgIpc) is 3.00. The zero-order valence-electron chi connectivity index (χ0n) is 17.1. The first kappa shape index (κ1) is 20.1. The number of fused-ring (bicyclic) bond motifs is 1. The third kappa shape index (κ3) is 4.20. The molecule has 2 aliphatic rings. The number of amides is 3. The monoisotopic (exact) mass is 406 g/mol. The largest absolute Gasteiger partial charge is 0.357 e. The van der Waals surface area contributed by atoms with E-state index in [4.69, 9.17) is 0 Å². The first-order valence-corrected chi connectivity index (χ1v) is 10.5. The Balaban J connectivity index is 1.25. The molecule has 1 aromatic carbocycles. The molecule has 0 aliphatic carbocycles. The van der Waals surface area contributed by atoms with Gasteiger partial charge in [0.1, 0.15) is 5.82 Å². The molecule has 1 N–H and O–H groups in total. The van der Waals surface area contributed by atoms with Gasteiger partial charge in [-0.25, -0.2) is 4.98 Å². The van der Waals surface area contributed by atoms with Crippen LogP contribution >= 0.6 is 0 Å². The zero-order chi connectivity index (χ0) is 21.1. The molecule has 1 saturated heterocycles. The lowest BCUT2D eigenvalue weighted by Crippen LogP contribution is -2.33. The number of pyridine rings is 1. The van der Waals surface area contributed by atoms with Crippen LogP contribution in [0.15, 0.2) is 42.6 Å². The van der Waals surface area contributed by atoms with E-state index in [2.05, 4.69) is 22.1 Å². The fourth-order valence-corrected chi connectivity index (χ4v) is 3.95. The van der Waals surface area contributed by atoms with E-state index in [1.165, 1.54) is 17.7 Å². The summed E-state index contributed by atoms with van der Waals surface area (Å²) >= 11 is 0. The van der Waals surface area contributed by atoms with Gasteiger partial charge >= 0.3 is 0 Å². The van der Waals surface area contributed by atoms with Gasteiger partial charge in [-0.2, -0.15) is 0 Å². The minimum Gasteiger partial charge on any atom is -0.357 e. The molecule has 0 radical (unpaired) electrons. The van der Waals surface area contributed by atoms with Gasteiger partial charge in [-0.1, -0.05) is 19.1 Å². The predicted octanol–water partition coefficient (Wildman–Crippen LogP) is 3.33. The Labute approximate surface area is 176 Å². The highest BCUT2D eigenvalue weighted by molar-refractivity contribution is 6.21. The summed E-state index contributed by atoms with van der Waals surface area (Å²) < 4.78 is 0. The summed E-state index contributed by atoms with van der Waals surface area (Å²) in [5.74, 6) is 0.962. The van der Waals surface area contributed by atoms with Gasteiger partial charge in [-0.05, 0) is 49.4 Å². The zero-order valence-corrected chi connectivity index (χ0v) is 17.1. The molecule has 3 amide bonds. The van der Waals surface area contributed by atoms with E-state index in [1.807, 2.05) is 12.1 Å². The van der Waals surface area contributed by atoms with Crippen LogP contribution < -0.4 is 10.2 Å². The molecule has 30 heavy (non-hydrogen) atoms. The van der Waals surface area contributed by atoms with Crippen LogP contribution in [0.3, 0.4) is 0 Å². The van der Waals surface area contributed by atoms with Crippen LogP contribution in [-0.4, -0.2) is 47.2 Å². The van der Waals surface area contributed by atoms with Crippen LogP contribution in [0.25, 0.3) is 0 Å². The van der Waals surface area contributed by atoms with Crippen molar-refractivity contribution >= 4 is 29.2 Å². The number of anilines is 2. The molecular weight excluding hydrogens is 380 g/mol. The van der Waals surface area contributed by atoms with E-state index in [0.717, 1.165) is 24.8 Å². The summed E-state index contributed by atoms with van der Waals surface area (Å²) in [6.07, 6.45) is 4.66. The normalized spacial score (nSPS) is 16.7. The number of piperidine rings is 1. The highest BCUT2D eigenvalue weighted by Gasteiger charge is 2.34. The Morgan fingerprint density at radius 2 is 1.73 bits per heavy atom. The van der Waals surface area contributed by atoms with E-state index in [1.54, 1.807) is 30.5 Å². The van der Waals surface area contributed by atoms with E-state index in [9.17, 15) is 14.4 Å². The number of hydrogen-bond donors (Lipinski definition) is 1. The van der Waals surface area contributed by atoms with E-state index >= 15 is 0 Å². The minimum absolute atomic E-state index is 0.159. The van der Waals surface area contributed by atoms with Gasteiger partial charge in [0.05, 0.1) is 23.0 Å². The highest BCUT2D eigenvalue weighted by Crippen LogP contribution is 2.23. The molecule has 2 aliphatic heterocycles. The second-order valence-electron chi connectivity index (χ2n) is 8.03. The van der Waals surface area contributed by atoms with Crippen LogP contribution in [0.4, 0.5) is 11.5 Å². The number of benzene rings is 1.